The Bertz CT molecular complexity index is 423. The van der Waals surface area contributed by atoms with Crippen LogP contribution in [0.3, 0.4) is 0 Å². The molecule has 2 heterocycles. The van der Waals surface area contributed by atoms with E-state index in [1.165, 1.54) is 32.1 Å². The van der Waals surface area contributed by atoms with Gasteiger partial charge in [-0.3, -0.25) is 0 Å². The van der Waals surface area contributed by atoms with Gasteiger partial charge in [0, 0.05) is 31.4 Å². The predicted octanol–water partition coefficient (Wildman–Crippen LogP) is 2.21. The van der Waals surface area contributed by atoms with Crippen LogP contribution in [-0.2, 0) is 0 Å². The van der Waals surface area contributed by atoms with E-state index in [9.17, 15) is 0 Å². The zero-order chi connectivity index (χ0) is 13.3. The summed E-state index contributed by atoms with van der Waals surface area (Å²) in [6, 6.07) is 2.15. The second kappa shape index (κ2) is 5.08. The molecule has 1 aromatic rings. The van der Waals surface area contributed by atoms with Crippen molar-refractivity contribution in [3.63, 3.8) is 0 Å². The molecule has 4 heteroatoms. The number of aromatic nitrogens is 2. The Kier molecular flexibility index (Phi) is 3.44. The fourth-order valence-corrected chi connectivity index (χ4v) is 3.69. The van der Waals surface area contributed by atoms with E-state index >= 15 is 0 Å². The molecule has 1 saturated carbocycles. The molecule has 19 heavy (non-hydrogen) atoms. The minimum atomic E-state index is 0.295. The number of anilines is 1. The van der Waals surface area contributed by atoms with Crippen molar-refractivity contribution in [3.05, 3.63) is 17.6 Å². The third kappa shape index (κ3) is 2.46. The fourth-order valence-electron chi connectivity index (χ4n) is 3.69. The maximum atomic E-state index is 4.69. The van der Waals surface area contributed by atoms with E-state index in [-0.39, 0.29) is 0 Å². The molecular weight excluding hydrogens is 236 g/mol. The van der Waals surface area contributed by atoms with E-state index < -0.39 is 0 Å². The average Bonchev–Trinajstić information content (AvgIpc) is 2.39. The molecule has 0 atom stereocenters. The summed E-state index contributed by atoms with van der Waals surface area (Å²) >= 11 is 0. The molecule has 1 N–H and O–H groups in total. The third-order valence-corrected chi connectivity index (χ3v) is 4.55. The Morgan fingerprint density at radius 2 is 1.95 bits per heavy atom. The summed E-state index contributed by atoms with van der Waals surface area (Å²) in [6.07, 6.45) is 6.67. The molecule has 1 aliphatic carbocycles. The van der Waals surface area contributed by atoms with E-state index in [1.807, 2.05) is 6.92 Å². The van der Waals surface area contributed by atoms with Crippen molar-refractivity contribution in [1.82, 2.24) is 15.3 Å². The lowest BCUT2D eigenvalue weighted by Crippen LogP contribution is -2.62. The van der Waals surface area contributed by atoms with Gasteiger partial charge in [-0.2, -0.15) is 0 Å². The van der Waals surface area contributed by atoms with E-state index in [4.69, 9.17) is 4.98 Å². The molecule has 0 aromatic carbocycles. The summed E-state index contributed by atoms with van der Waals surface area (Å²) in [6.45, 7) is 7.29. The van der Waals surface area contributed by atoms with Gasteiger partial charge in [-0.25, -0.2) is 9.97 Å². The van der Waals surface area contributed by atoms with Crippen LogP contribution < -0.4 is 10.2 Å². The first-order chi connectivity index (χ1) is 9.20. The fraction of sp³-hybridized carbons (Fsp3) is 0.733. The normalized spacial score (nSPS) is 22.7. The van der Waals surface area contributed by atoms with Gasteiger partial charge in [0.1, 0.15) is 11.6 Å². The standard InChI is InChI=1S/C15H24N4/c1-12-10-14(18-13(2)17-12)19-9-8-16-11-15(19)6-4-3-5-7-15/h10,16H,3-9,11H2,1-2H3. The maximum absolute atomic E-state index is 4.69. The van der Waals surface area contributed by atoms with E-state index in [2.05, 4.69) is 28.2 Å². The average molecular weight is 260 g/mol. The first kappa shape index (κ1) is 12.9. The minimum absolute atomic E-state index is 0.295. The molecule has 1 spiro atoms. The lowest BCUT2D eigenvalue weighted by molar-refractivity contribution is 0.239. The first-order valence-corrected chi connectivity index (χ1v) is 7.50. The molecule has 0 bridgehead atoms. The van der Waals surface area contributed by atoms with Crippen molar-refractivity contribution in [2.75, 3.05) is 24.5 Å². The van der Waals surface area contributed by atoms with Gasteiger partial charge in [0.05, 0.1) is 5.54 Å². The van der Waals surface area contributed by atoms with Crippen molar-refractivity contribution >= 4 is 5.82 Å². The highest BCUT2D eigenvalue weighted by Gasteiger charge is 2.40. The summed E-state index contributed by atoms with van der Waals surface area (Å²) in [4.78, 5) is 11.7. The van der Waals surface area contributed by atoms with Gasteiger partial charge in [-0.05, 0) is 26.7 Å². The molecule has 3 rings (SSSR count). The van der Waals surface area contributed by atoms with Crippen molar-refractivity contribution < 1.29 is 0 Å². The van der Waals surface area contributed by atoms with E-state index in [1.54, 1.807) is 0 Å². The topological polar surface area (TPSA) is 41.0 Å². The number of rotatable bonds is 1. The molecule has 0 amide bonds. The highest BCUT2D eigenvalue weighted by Crippen LogP contribution is 2.37. The van der Waals surface area contributed by atoms with E-state index in [0.717, 1.165) is 37.0 Å². The molecule has 104 valence electrons. The zero-order valence-electron chi connectivity index (χ0n) is 12.1. The molecule has 1 aliphatic heterocycles. The van der Waals surface area contributed by atoms with Crippen LogP contribution in [0.15, 0.2) is 6.07 Å². The quantitative estimate of drug-likeness (QED) is 0.840. The monoisotopic (exact) mass is 260 g/mol. The Labute approximate surface area is 115 Å². The molecule has 0 radical (unpaired) electrons. The largest absolute Gasteiger partial charge is 0.348 e. The molecular formula is C15H24N4. The Morgan fingerprint density at radius 1 is 1.16 bits per heavy atom. The van der Waals surface area contributed by atoms with Crippen LogP contribution in [0.1, 0.15) is 43.6 Å². The third-order valence-electron chi connectivity index (χ3n) is 4.55. The second-order valence-electron chi connectivity index (χ2n) is 6.03. The molecule has 1 aromatic heterocycles. The van der Waals surface area contributed by atoms with Gasteiger partial charge >= 0.3 is 0 Å². The van der Waals surface area contributed by atoms with Crippen molar-refractivity contribution in [2.45, 2.75) is 51.5 Å². The van der Waals surface area contributed by atoms with Crippen LogP contribution >= 0.6 is 0 Å². The number of nitrogens with zero attached hydrogens (tertiary/aromatic N) is 3. The van der Waals surface area contributed by atoms with Crippen molar-refractivity contribution in [3.8, 4) is 0 Å². The Balaban J connectivity index is 1.95. The second-order valence-corrected chi connectivity index (χ2v) is 6.03. The van der Waals surface area contributed by atoms with Crippen LogP contribution in [0.5, 0.6) is 0 Å². The van der Waals surface area contributed by atoms with Crippen LogP contribution in [-0.4, -0.2) is 35.1 Å². The van der Waals surface area contributed by atoms with Crippen LogP contribution in [0.25, 0.3) is 0 Å². The minimum Gasteiger partial charge on any atom is -0.348 e. The number of aryl methyl sites for hydroxylation is 2. The van der Waals surface area contributed by atoms with Gasteiger partial charge in [0.25, 0.3) is 0 Å². The molecule has 2 aliphatic rings. The zero-order valence-corrected chi connectivity index (χ0v) is 12.1. The van der Waals surface area contributed by atoms with Crippen molar-refractivity contribution in [2.24, 2.45) is 0 Å². The van der Waals surface area contributed by atoms with Crippen LogP contribution in [0.2, 0.25) is 0 Å². The molecule has 0 unspecified atom stereocenters. The van der Waals surface area contributed by atoms with Gasteiger partial charge in [-0.1, -0.05) is 19.3 Å². The SMILES string of the molecule is Cc1cc(N2CCNCC23CCCCC3)nc(C)n1. The molecule has 1 saturated heterocycles. The van der Waals surface area contributed by atoms with E-state index in [0.29, 0.717) is 5.54 Å². The highest BCUT2D eigenvalue weighted by atomic mass is 15.3. The summed E-state index contributed by atoms with van der Waals surface area (Å²) in [5, 5.41) is 3.59. The summed E-state index contributed by atoms with van der Waals surface area (Å²) in [5.74, 6) is 2.02. The summed E-state index contributed by atoms with van der Waals surface area (Å²) in [7, 11) is 0. The van der Waals surface area contributed by atoms with Gasteiger partial charge in [0.2, 0.25) is 0 Å². The maximum Gasteiger partial charge on any atom is 0.133 e. The van der Waals surface area contributed by atoms with Gasteiger partial charge < -0.3 is 10.2 Å². The highest BCUT2D eigenvalue weighted by molar-refractivity contribution is 5.44. The number of nitrogens with one attached hydrogen (secondary N) is 1. The van der Waals surface area contributed by atoms with Crippen molar-refractivity contribution in [1.29, 1.82) is 0 Å². The summed E-state index contributed by atoms with van der Waals surface area (Å²) < 4.78 is 0. The van der Waals surface area contributed by atoms with Gasteiger partial charge in [-0.15, -0.1) is 0 Å². The Hall–Kier alpha value is -1.16. The number of piperazine rings is 1. The lowest BCUT2D eigenvalue weighted by Gasteiger charge is -2.50. The molecule has 4 nitrogen and oxygen atoms in total. The predicted molar refractivity (Wildman–Crippen MR) is 77.5 cm³/mol. The van der Waals surface area contributed by atoms with Crippen LogP contribution in [0, 0.1) is 13.8 Å². The van der Waals surface area contributed by atoms with Gasteiger partial charge in [0.15, 0.2) is 0 Å². The number of hydrogen-bond acceptors (Lipinski definition) is 4. The number of hydrogen-bond donors (Lipinski definition) is 1. The Morgan fingerprint density at radius 3 is 2.68 bits per heavy atom. The molecule has 2 fully saturated rings. The smallest absolute Gasteiger partial charge is 0.133 e. The first-order valence-electron chi connectivity index (χ1n) is 7.50. The lowest BCUT2D eigenvalue weighted by atomic mass is 9.79. The summed E-state index contributed by atoms with van der Waals surface area (Å²) in [5.41, 5.74) is 1.37. The van der Waals surface area contributed by atoms with Crippen LogP contribution in [0.4, 0.5) is 5.82 Å².